The molecule has 7 nitrogen and oxygen atoms in total. The van der Waals surface area contributed by atoms with Crippen molar-refractivity contribution in [3.8, 4) is 11.5 Å². The van der Waals surface area contributed by atoms with Gasteiger partial charge in [-0.25, -0.2) is 13.4 Å². The lowest BCUT2D eigenvalue weighted by Gasteiger charge is -2.08. The number of benzene rings is 3. The highest BCUT2D eigenvalue weighted by Crippen LogP contribution is 2.28. The topological polar surface area (TPSA) is 94.6 Å². The van der Waals surface area contributed by atoms with E-state index >= 15 is 0 Å². The van der Waals surface area contributed by atoms with Crippen LogP contribution in [0.1, 0.15) is 5.56 Å². The van der Waals surface area contributed by atoms with Crippen molar-refractivity contribution in [2.75, 3.05) is 18.2 Å². The van der Waals surface area contributed by atoms with Crippen molar-refractivity contribution in [2.24, 2.45) is 0 Å². The van der Waals surface area contributed by atoms with Crippen LogP contribution in [-0.4, -0.2) is 32.2 Å². The quantitative estimate of drug-likeness (QED) is 0.414. The minimum atomic E-state index is -3.31. The van der Waals surface area contributed by atoms with Gasteiger partial charge in [0, 0.05) is 6.26 Å². The molecular formula is C23H20N2O5S2. The van der Waals surface area contributed by atoms with Gasteiger partial charge in [0.1, 0.15) is 18.1 Å². The Labute approximate surface area is 189 Å². The molecule has 1 heterocycles. The summed E-state index contributed by atoms with van der Waals surface area (Å²) in [5.41, 5.74) is 1.69. The molecule has 0 spiro atoms. The highest BCUT2D eigenvalue weighted by Gasteiger charge is 2.12. The molecule has 0 saturated carbocycles. The molecule has 4 rings (SSSR count). The molecule has 4 aromatic rings. The number of thiazole rings is 1. The summed E-state index contributed by atoms with van der Waals surface area (Å²) in [5, 5.41) is 3.06. The second kappa shape index (κ2) is 9.37. The van der Waals surface area contributed by atoms with E-state index in [9.17, 15) is 13.2 Å². The molecule has 1 N–H and O–H groups in total. The van der Waals surface area contributed by atoms with Gasteiger partial charge < -0.3 is 9.47 Å². The van der Waals surface area contributed by atoms with E-state index < -0.39 is 9.84 Å². The fourth-order valence-electron chi connectivity index (χ4n) is 2.87. The van der Waals surface area contributed by atoms with Crippen molar-refractivity contribution in [2.45, 2.75) is 11.5 Å². The molecule has 0 bridgehead atoms. The summed E-state index contributed by atoms with van der Waals surface area (Å²) in [4.78, 5) is 16.7. The zero-order valence-electron chi connectivity index (χ0n) is 17.1. The third kappa shape index (κ3) is 5.63. The zero-order chi connectivity index (χ0) is 22.6. The van der Waals surface area contributed by atoms with Gasteiger partial charge in [-0.3, -0.25) is 10.1 Å². The lowest BCUT2D eigenvalue weighted by atomic mass is 10.2. The van der Waals surface area contributed by atoms with Gasteiger partial charge in [0.2, 0.25) is 0 Å². The maximum atomic E-state index is 12.2. The fourth-order valence-corrected chi connectivity index (χ4v) is 4.51. The number of rotatable bonds is 8. The molecule has 0 fully saturated rings. The molecule has 1 aromatic heterocycles. The summed E-state index contributed by atoms with van der Waals surface area (Å²) in [5.74, 6) is 0.875. The van der Waals surface area contributed by atoms with Crippen molar-refractivity contribution in [3.05, 3.63) is 78.4 Å². The van der Waals surface area contributed by atoms with E-state index in [1.54, 1.807) is 36.4 Å². The van der Waals surface area contributed by atoms with E-state index in [4.69, 9.17) is 9.47 Å². The van der Waals surface area contributed by atoms with Crippen molar-refractivity contribution in [1.82, 2.24) is 4.98 Å². The van der Waals surface area contributed by atoms with Crippen LogP contribution in [0.3, 0.4) is 0 Å². The number of hydrogen-bond donors (Lipinski definition) is 1. The number of hydrogen-bond acceptors (Lipinski definition) is 7. The monoisotopic (exact) mass is 468 g/mol. The van der Waals surface area contributed by atoms with Gasteiger partial charge in [-0.2, -0.15) is 0 Å². The van der Waals surface area contributed by atoms with Gasteiger partial charge >= 0.3 is 0 Å². The number of nitrogens with one attached hydrogen (secondary N) is 1. The summed E-state index contributed by atoms with van der Waals surface area (Å²) >= 11 is 1.20. The van der Waals surface area contributed by atoms with E-state index in [0.29, 0.717) is 33.5 Å². The number of nitrogens with zero attached hydrogens (tertiary/aromatic N) is 1. The number of ether oxygens (including phenoxy) is 2. The molecule has 0 aliphatic heterocycles. The van der Waals surface area contributed by atoms with E-state index in [0.717, 1.165) is 11.8 Å². The number of anilines is 1. The van der Waals surface area contributed by atoms with Gasteiger partial charge in [0.15, 0.2) is 21.6 Å². The van der Waals surface area contributed by atoms with Gasteiger partial charge in [-0.1, -0.05) is 41.7 Å². The van der Waals surface area contributed by atoms with Crippen LogP contribution >= 0.6 is 11.3 Å². The number of amides is 1. The number of carbonyl (C=O) groups excluding carboxylic acids is 1. The molecular weight excluding hydrogens is 448 g/mol. The Morgan fingerprint density at radius 2 is 1.66 bits per heavy atom. The molecule has 32 heavy (non-hydrogen) atoms. The molecule has 164 valence electrons. The smallest absolute Gasteiger partial charge is 0.264 e. The minimum Gasteiger partial charge on any atom is -0.489 e. The van der Waals surface area contributed by atoms with E-state index in [1.165, 1.54) is 17.4 Å². The first kappa shape index (κ1) is 21.8. The molecule has 1 amide bonds. The van der Waals surface area contributed by atoms with E-state index in [2.05, 4.69) is 10.3 Å². The third-order valence-corrected chi connectivity index (χ3v) is 6.52. The second-order valence-corrected chi connectivity index (χ2v) is 10.0. The summed E-state index contributed by atoms with van der Waals surface area (Å²) in [6.07, 6.45) is 1.15. The van der Waals surface area contributed by atoms with Crippen LogP contribution in [0.5, 0.6) is 11.5 Å². The van der Waals surface area contributed by atoms with Gasteiger partial charge in [-0.15, -0.1) is 0 Å². The van der Waals surface area contributed by atoms with E-state index in [1.807, 2.05) is 30.3 Å². The molecule has 0 atom stereocenters. The summed E-state index contributed by atoms with van der Waals surface area (Å²) < 4.78 is 35.3. The Hall–Kier alpha value is -3.43. The van der Waals surface area contributed by atoms with Crippen LogP contribution in [-0.2, 0) is 21.2 Å². The Morgan fingerprint density at radius 3 is 2.34 bits per heavy atom. The van der Waals surface area contributed by atoms with Gasteiger partial charge in [0.05, 0.1) is 15.1 Å². The Bertz CT molecular complexity index is 1330. The van der Waals surface area contributed by atoms with Crippen molar-refractivity contribution in [1.29, 1.82) is 0 Å². The largest absolute Gasteiger partial charge is 0.489 e. The van der Waals surface area contributed by atoms with Crippen molar-refractivity contribution in [3.63, 3.8) is 0 Å². The first-order valence-corrected chi connectivity index (χ1v) is 12.4. The van der Waals surface area contributed by atoms with Crippen molar-refractivity contribution < 1.29 is 22.7 Å². The third-order valence-electron chi connectivity index (χ3n) is 4.48. The number of fused-ring (bicyclic) bond motifs is 1. The summed E-state index contributed by atoms with van der Waals surface area (Å²) in [6, 6.07) is 21.6. The van der Waals surface area contributed by atoms with Crippen LogP contribution in [0.4, 0.5) is 5.13 Å². The van der Waals surface area contributed by atoms with Crippen molar-refractivity contribution >= 4 is 42.4 Å². The number of sulfone groups is 1. The van der Waals surface area contributed by atoms with Crippen LogP contribution in [0, 0.1) is 0 Å². The highest BCUT2D eigenvalue weighted by molar-refractivity contribution is 7.90. The first-order valence-electron chi connectivity index (χ1n) is 9.67. The summed E-state index contributed by atoms with van der Waals surface area (Å²) in [7, 11) is -3.31. The predicted molar refractivity (Wildman–Crippen MR) is 124 cm³/mol. The second-order valence-electron chi connectivity index (χ2n) is 7.00. The van der Waals surface area contributed by atoms with Crippen LogP contribution < -0.4 is 14.8 Å². The molecule has 0 unspecified atom stereocenters. The Kier molecular flexibility index (Phi) is 6.38. The highest BCUT2D eigenvalue weighted by atomic mass is 32.2. The Balaban J connectivity index is 1.30. The van der Waals surface area contributed by atoms with Crippen LogP contribution in [0.15, 0.2) is 77.7 Å². The van der Waals surface area contributed by atoms with Gasteiger partial charge in [0.25, 0.3) is 5.91 Å². The predicted octanol–water partition coefficient (Wildman–Crippen LogP) is 4.30. The SMILES string of the molecule is CS(=O)(=O)c1ccc2nc(NC(=O)COc3ccc(OCc4ccccc4)cc3)sc2c1. The molecule has 9 heteroatoms. The maximum absolute atomic E-state index is 12.2. The molecule has 0 aliphatic carbocycles. The normalized spacial score (nSPS) is 11.3. The lowest BCUT2D eigenvalue weighted by molar-refractivity contribution is -0.118. The van der Waals surface area contributed by atoms with E-state index in [-0.39, 0.29) is 17.4 Å². The molecule has 0 radical (unpaired) electrons. The first-order chi connectivity index (χ1) is 15.4. The fraction of sp³-hybridized carbons (Fsp3) is 0.130. The Morgan fingerprint density at radius 1 is 0.969 bits per heavy atom. The molecule has 3 aromatic carbocycles. The average molecular weight is 469 g/mol. The molecule has 0 saturated heterocycles. The van der Waals surface area contributed by atoms with Gasteiger partial charge in [-0.05, 0) is 48.0 Å². The van der Waals surface area contributed by atoms with Crippen LogP contribution in [0.2, 0.25) is 0 Å². The average Bonchev–Trinajstić information content (AvgIpc) is 3.18. The standard InChI is InChI=1S/C23H20N2O5S2/c1-32(27,28)19-11-12-20-21(13-19)31-23(24-20)25-22(26)15-30-18-9-7-17(8-10-18)29-14-16-5-3-2-4-6-16/h2-13H,14-15H2,1H3,(H,24,25,26). The number of carbonyl (C=O) groups is 1. The maximum Gasteiger partial charge on any atom is 0.264 e. The minimum absolute atomic E-state index is 0.186. The zero-order valence-corrected chi connectivity index (χ0v) is 18.8. The van der Waals surface area contributed by atoms with Crippen LogP contribution in [0.25, 0.3) is 10.2 Å². The summed E-state index contributed by atoms with van der Waals surface area (Å²) in [6.45, 7) is 0.284. The molecule has 0 aliphatic rings. The lowest BCUT2D eigenvalue weighted by Crippen LogP contribution is -2.19. The number of aromatic nitrogens is 1.